The molecule has 184 valence electrons. The molecule has 0 radical (unpaired) electrons. The molecule has 0 aliphatic heterocycles. The molecule has 0 bridgehead atoms. The van der Waals surface area contributed by atoms with Gasteiger partial charge in [0.05, 0.1) is 6.04 Å². The van der Waals surface area contributed by atoms with Gasteiger partial charge in [0.25, 0.3) is 0 Å². The van der Waals surface area contributed by atoms with Crippen molar-refractivity contribution in [2.24, 2.45) is 4.99 Å². The number of allylic oxidation sites excluding steroid dienone is 4. The predicted molar refractivity (Wildman–Crippen MR) is 128 cm³/mol. The molecule has 0 spiro atoms. The lowest BCUT2D eigenvalue weighted by Gasteiger charge is -2.14. The second-order valence-electron chi connectivity index (χ2n) is 5.93. The normalized spacial score (nSPS) is 12.7. The molecule has 31 heavy (non-hydrogen) atoms. The maximum atomic E-state index is 12.2. The minimum atomic E-state index is -4.65. The van der Waals surface area contributed by atoms with Gasteiger partial charge in [0, 0.05) is 17.5 Å². The molecule has 0 aromatic carbocycles. The minimum absolute atomic E-state index is 0.0648. The highest BCUT2D eigenvalue weighted by molar-refractivity contribution is 6.00. The molecular formula is C24H45F3N2O2. The first kappa shape index (κ1) is 36.5. The zero-order chi connectivity index (χ0) is 25.5. The van der Waals surface area contributed by atoms with Gasteiger partial charge in [-0.3, -0.25) is 9.79 Å². The fraction of sp³-hybridized carbons (Fsp3) is 0.667. The second-order valence-corrected chi connectivity index (χ2v) is 5.93. The highest BCUT2D eigenvalue weighted by Gasteiger charge is 2.32. The van der Waals surface area contributed by atoms with Crippen molar-refractivity contribution in [3.63, 3.8) is 0 Å². The molecular weight excluding hydrogens is 405 g/mol. The summed E-state index contributed by atoms with van der Waals surface area (Å²) in [6, 6.07) is 0.0648. The number of hydrogen-bond acceptors (Lipinski definition) is 4. The smallest absolute Gasteiger partial charge is 0.410 e. The summed E-state index contributed by atoms with van der Waals surface area (Å²) in [6.07, 6.45) is 3.31. The van der Waals surface area contributed by atoms with E-state index < -0.39 is 6.36 Å². The number of likely N-dealkylation sites (N-methyl/N-ethyl adjacent to an activating group) is 1. The molecule has 7 heteroatoms. The summed E-state index contributed by atoms with van der Waals surface area (Å²) in [5.74, 6) is 0.0884. The summed E-state index contributed by atoms with van der Waals surface area (Å²) in [4.78, 5) is 14.7. The van der Waals surface area contributed by atoms with Crippen LogP contribution in [-0.4, -0.2) is 30.9 Å². The van der Waals surface area contributed by atoms with Crippen LogP contribution in [0, 0.1) is 0 Å². The van der Waals surface area contributed by atoms with E-state index in [0.29, 0.717) is 24.1 Å². The number of ether oxygens (including phenoxy) is 1. The van der Waals surface area contributed by atoms with Crippen molar-refractivity contribution < 1.29 is 22.7 Å². The molecule has 4 nitrogen and oxygen atoms in total. The Morgan fingerprint density at radius 1 is 1.13 bits per heavy atom. The Labute approximate surface area is 188 Å². The van der Waals surface area contributed by atoms with E-state index in [1.807, 2.05) is 47.6 Å². The van der Waals surface area contributed by atoms with Gasteiger partial charge in [-0.2, -0.15) is 0 Å². The molecule has 0 fully saturated rings. The molecule has 0 aliphatic carbocycles. The van der Waals surface area contributed by atoms with Gasteiger partial charge in [0.1, 0.15) is 11.5 Å². The lowest BCUT2D eigenvalue weighted by molar-refractivity contribution is -0.305. The van der Waals surface area contributed by atoms with E-state index in [1.165, 1.54) is 6.92 Å². The van der Waals surface area contributed by atoms with E-state index in [9.17, 15) is 18.0 Å². The number of rotatable bonds is 9. The van der Waals surface area contributed by atoms with Crippen molar-refractivity contribution in [1.29, 1.82) is 0 Å². The SMILES string of the molecule is C=CC.CC.CC[C@H](NC)C(C)=O.CC\C=C/N=C(CC)\C(CC)=C(\C)OC(F)(F)F. The first-order chi connectivity index (χ1) is 14.5. The standard InChI is InChI=1S/C13H20F3NO.C6H13NO.C3H6.C2H6/c1-5-8-9-17-12(7-3)11(6-2)10(4)18-13(14,15)16;1-4-6(7-3)5(2)8;1-3-2;1-2/h8-9H,5-7H2,1-4H3;6-7H,4H2,1-3H3;3H,1H2,2H3;1-2H3/b9-8-,11-10-,17-12-;;;/t;6-;;/m.0../s1. The summed E-state index contributed by atoms with van der Waals surface area (Å²) >= 11 is 0. The first-order valence-corrected chi connectivity index (χ1v) is 10.9. The van der Waals surface area contributed by atoms with Crippen LogP contribution in [0.4, 0.5) is 13.2 Å². The Morgan fingerprint density at radius 3 is 1.84 bits per heavy atom. The fourth-order valence-corrected chi connectivity index (χ4v) is 2.22. The largest absolute Gasteiger partial charge is 0.572 e. The number of nitrogens with zero attached hydrogens (tertiary/aromatic N) is 1. The minimum Gasteiger partial charge on any atom is -0.410 e. The number of halogens is 3. The Balaban J connectivity index is -0.000000232. The Kier molecular flexibility index (Phi) is 28.7. The highest BCUT2D eigenvalue weighted by Crippen LogP contribution is 2.24. The number of ketones is 1. The van der Waals surface area contributed by atoms with Crippen LogP contribution < -0.4 is 5.32 Å². The van der Waals surface area contributed by atoms with Crippen LogP contribution >= 0.6 is 0 Å². The van der Waals surface area contributed by atoms with Gasteiger partial charge in [-0.15, -0.1) is 19.8 Å². The summed E-state index contributed by atoms with van der Waals surface area (Å²) in [5.41, 5.74) is 1.14. The number of nitrogens with one attached hydrogen (secondary N) is 1. The third-order valence-corrected chi connectivity index (χ3v) is 3.55. The van der Waals surface area contributed by atoms with Crippen molar-refractivity contribution in [2.75, 3.05) is 7.05 Å². The van der Waals surface area contributed by atoms with E-state index >= 15 is 0 Å². The zero-order valence-corrected chi connectivity index (χ0v) is 21.2. The maximum absolute atomic E-state index is 12.2. The monoisotopic (exact) mass is 450 g/mol. The predicted octanol–water partition coefficient (Wildman–Crippen LogP) is 7.77. The first-order valence-electron chi connectivity index (χ1n) is 10.9. The Bertz CT molecular complexity index is 533. The third kappa shape index (κ3) is 24.3. The van der Waals surface area contributed by atoms with Gasteiger partial charge in [-0.25, -0.2) is 0 Å². The molecule has 0 heterocycles. The van der Waals surface area contributed by atoms with Gasteiger partial charge >= 0.3 is 6.36 Å². The second kappa shape index (κ2) is 24.4. The number of carbonyl (C=O) groups is 1. The molecule has 1 atom stereocenters. The van der Waals surface area contributed by atoms with E-state index in [1.54, 1.807) is 33.2 Å². The molecule has 0 amide bonds. The summed E-state index contributed by atoms with van der Waals surface area (Å²) < 4.78 is 40.5. The average molecular weight is 451 g/mol. The maximum Gasteiger partial charge on any atom is 0.572 e. The van der Waals surface area contributed by atoms with Crippen molar-refractivity contribution in [3.05, 3.63) is 36.3 Å². The summed E-state index contributed by atoms with van der Waals surface area (Å²) in [7, 11) is 1.80. The van der Waals surface area contributed by atoms with Gasteiger partial charge in [0.15, 0.2) is 0 Å². The van der Waals surface area contributed by atoms with Gasteiger partial charge in [-0.1, -0.05) is 53.7 Å². The zero-order valence-electron chi connectivity index (χ0n) is 21.2. The number of aliphatic imine (C=N–C) groups is 1. The van der Waals surface area contributed by atoms with Crippen molar-refractivity contribution in [2.45, 2.75) is 100 Å². The van der Waals surface area contributed by atoms with E-state index in [2.05, 4.69) is 21.6 Å². The van der Waals surface area contributed by atoms with Gasteiger partial charge < -0.3 is 10.1 Å². The number of hydrogen-bond donors (Lipinski definition) is 1. The quantitative estimate of drug-likeness (QED) is 0.222. The topological polar surface area (TPSA) is 50.7 Å². The Hall–Kier alpha value is -1.89. The van der Waals surface area contributed by atoms with Crippen molar-refractivity contribution in [1.82, 2.24) is 5.32 Å². The van der Waals surface area contributed by atoms with Crippen LogP contribution in [0.25, 0.3) is 0 Å². The molecule has 0 saturated carbocycles. The molecule has 0 aromatic heterocycles. The van der Waals surface area contributed by atoms with Crippen LogP contribution in [0.15, 0.2) is 41.3 Å². The van der Waals surface area contributed by atoms with E-state index in [-0.39, 0.29) is 17.6 Å². The number of carbonyl (C=O) groups excluding carboxylic acids is 1. The van der Waals surface area contributed by atoms with Crippen LogP contribution in [0.2, 0.25) is 0 Å². The molecule has 0 unspecified atom stereocenters. The van der Waals surface area contributed by atoms with E-state index in [4.69, 9.17) is 0 Å². The number of alkyl halides is 3. The molecule has 0 aliphatic rings. The lowest BCUT2D eigenvalue weighted by atomic mass is 10.0. The van der Waals surface area contributed by atoms with Crippen LogP contribution in [-0.2, 0) is 9.53 Å². The molecule has 0 saturated heterocycles. The van der Waals surface area contributed by atoms with Crippen LogP contribution in [0.5, 0.6) is 0 Å². The molecule has 1 N–H and O–H groups in total. The fourth-order valence-electron chi connectivity index (χ4n) is 2.22. The summed E-state index contributed by atoms with van der Waals surface area (Å²) in [6.45, 7) is 19.8. The molecule has 0 rings (SSSR count). The highest BCUT2D eigenvalue weighted by atomic mass is 19.4. The summed E-state index contributed by atoms with van der Waals surface area (Å²) in [5, 5.41) is 2.90. The lowest BCUT2D eigenvalue weighted by Crippen LogP contribution is -2.31. The van der Waals surface area contributed by atoms with Crippen molar-refractivity contribution in [3.8, 4) is 0 Å². The van der Waals surface area contributed by atoms with Gasteiger partial charge in [0.2, 0.25) is 0 Å². The van der Waals surface area contributed by atoms with Crippen LogP contribution in [0.3, 0.4) is 0 Å². The van der Waals surface area contributed by atoms with Crippen molar-refractivity contribution >= 4 is 11.5 Å². The van der Waals surface area contributed by atoms with E-state index in [0.717, 1.165) is 12.8 Å². The van der Waals surface area contributed by atoms with Gasteiger partial charge in [-0.05, 0) is 53.5 Å². The molecule has 0 aromatic rings. The Morgan fingerprint density at radius 2 is 1.61 bits per heavy atom. The van der Waals surface area contributed by atoms with Crippen LogP contribution in [0.1, 0.15) is 88.0 Å². The average Bonchev–Trinajstić information content (AvgIpc) is 2.69. The third-order valence-electron chi connectivity index (χ3n) is 3.55. The number of Topliss-reactive ketones (excluding diaryl/α,β-unsaturated/α-hetero) is 1.